The average molecular weight is 402 g/mol. The molecule has 2 rings (SSSR count). The Labute approximate surface area is 174 Å². The summed E-state index contributed by atoms with van der Waals surface area (Å²) in [6.07, 6.45) is 2.08. The van der Waals surface area contributed by atoms with Crippen LogP contribution in [-0.4, -0.2) is 75.1 Å². The van der Waals surface area contributed by atoms with Gasteiger partial charge in [-0.15, -0.1) is 0 Å². The van der Waals surface area contributed by atoms with E-state index in [2.05, 4.69) is 29.0 Å². The van der Waals surface area contributed by atoms with E-state index >= 15 is 0 Å². The number of guanidine groups is 1. The number of benzene rings is 1. The van der Waals surface area contributed by atoms with Crippen molar-refractivity contribution >= 4 is 11.9 Å². The summed E-state index contributed by atoms with van der Waals surface area (Å²) in [4.78, 5) is 20.7. The second kappa shape index (κ2) is 11.5. The number of carbonyl (C=O) groups excluding carboxylic acids is 1. The minimum Gasteiger partial charge on any atom is -0.497 e. The van der Waals surface area contributed by atoms with Gasteiger partial charge in [0.25, 0.3) is 0 Å². The third-order valence-electron chi connectivity index (χ3n) is 4.91. The lowest BCUT2D eigenvalue weighted by atomic mass is 10.0. The second-order valence-corrected chi connectivity index (χ2v) is 7.81. The molecule has 0 radical (unpaired) electrons. The van der Waals surface area contributed by atoms with Gasteiger partial charge in [-0.1, -0.05) is 24.3 Å². The smallest absolute Gasteiger partial charge is 0.241 e. The van der Waals surface area contributed by atoms with Gasteiger partial charge in [-0.25, -0.2) is 4.99 Å². The Bertz CT molecular complexity index is 692. The van der Waals surface area contributed by atoms with Gasteiger partial charge in [0, 0.05) is 39.8 Å². The van der Waals surface area contributed by atoms with Gasteiger partial charge in [-0.2, -0.15) is 0 Å². The molecule has 1 aromatic rings. The van der Waals surface area contributed by atoms with E-state index in [1.54, 1.807) is 26.1 Å². The van der Waals surface area contributed by atoms with Crippen LogP contribution in [0.2, 0.25) is 0 Å². The van der Waals surface area contributed by atoms with E-state index in [0.717, 1.165) is 43.8 Å². The predicted octanol–water partition coefficient (Wildman–Crippen LogP) is 1.86. The van der Waals surface area contributed by atoms with E-state index in [9.17, 15) is 4.79 Å². The highest BCUT2D eigenvalue weighted by Crippen LogP contribution is 2.13. The fourth-order valence-electron chi connectivity index (χ4n) is 3.18. The summed E-state index contributed by atoms with van der Waals surface area (Å²) in [6, 6.07) is 8.20. The largest absolute Gasteiger partial charge is 0.497 e. The Hall–Kier alpha value is -2.54. The van der Waals surface area contributed by atoms with Crippen molar-refractivity contribution in [1.82, 2.24) is 20.4 Å². The number of likely N-dealkylation sites (tertiary alicyclic amines) is 1. The molecule has 1 aromatic carbocycles. The topological polar surface area (TPSA) is 69.2 Å². The van der Waals surface area contributed by atoms with E-state index in [0.29, 0.717) is 18.5 Å². The number of aliphatic imine (C=N–C) groups is 1. The van der Waals surface area contributed by atoms with Crippen molar-refractivity contribution in [2.24, 2.45) is 4.99 Å². The van der Waals surface area contributed by atoms with Gasteiger partial charge >= 0.3 is 0 Å². The fraction of sp³-hybridized carbons (Fsp3) is 0.545. The number of likely N-dealkylation sites (N-methyl/N-ethyl adjacent to an activating group) is 1. The molecule has 29 heavy (non-hydrogen) atoms. The van der Waals surface area contributed by atoms with Gasteiger partial charge in [-0.3, -0.25) is 9.69 Å². The maximum atomic E-state index is 12.0. The molecule has 1 amide bonds. The lowest BCUT2D eigenvalue weighted by Crippen LogP contribution is -2.50. The highest BCUT2D eigenvalue weighted by Gasteiger charge is 2.20. The molecule has 7 nitrogen and oxygen atoms in total. The van der Waals surface area contributed by atoms with Crippen molar-refractivity contribution in [1.29, 1.82) is 0 Å². The Balaban J connectivity index is 1.96. The molecule has 2 N–H and O–H groups in total. The molecule has 0 aliphatic carbocycles. The summed E-state index contributed by atoms with van der Waals surface area (Å²) >= 11 is 0. The molecule has 160 valence electrons. The first kappa shape index (κ1) is 22.7. The third-order valence-corrected chi connectivity index (χ3v) is 4.91. The van der Waals surface area contributed by atoms with Crippen LogP contribution in [-0.2, 0) is 11.3 Å². The molecule has 1 saturated heterocycles. The number of carbonyl (C=O) groups is 1. The summed E-state index contributed by atoms with van der Waals surface area (Å²) in [7, 11) is 5.16. The zero-order valence-corrected chi connectivity index (χ0v) is 18.2. The molecule has 0 saturated carbocycles. The van der Waals surface area contributed by atoms with Gasteiger partial charge < -0.3 is 20.3 Å². The number of hydrogen-bond donors (Lipinski definition) is 2. The van der Waals surface area contributed by atoms with Crippen LogP contribution in [0, 0.1) is 0 Å². The van der Waals surface area contributed by atoms with Crippen molar-refractivity contribution in [3.63, 3.8) is 0 Å². The number of amides is 1. The molecular weight excluding hydrogens is 366 g/mol. The van der Waals surface area contributed by atoms with Gasteiger partial charge in [0.15, 0.2) is 5.96 Å². The number of piperidine rings is 1. The van der Waals surface area contributed by atoms with Gasteiger partial charge in [-0.05, 0) is 37.5 Å². The Morgan fingerprint density at radius 1 is 1.28 bits per heavy atom. The Morgan fingerprint density at radius 3 is 2.48 bits per heavy atom. The predicted molar refractivity (Wildman–Crippen MR) is 118 cm³/mol. The van der Waals surface area contributed by atoms with Crippen LogP contribution in [0.1, 0.15) is 25.3 Å². The summed E-state index contributed by atoms with van der Waals surface area (Å²) in [6.45, 7) is 9.85. The lowest BCUT2D eigenvalue weighted by molar-refractivity contribution is -0.127. The van der Waals surface area contributed by atoms with E-state index in [1.807, 2.05) is 24.3 Å². The molecule has 7 heteroatoms. The standard InChI is InChI=1S/C22H35N5O2/c1-17(2)16-27-12-10-19(11-13-27)25-22(24-15-21(28)26(3)4)23-14-18-6-8-20(29-5)9-7-18/h6-9,19H,1,10-16H2,2-5H3,(H2,23,24,25). The highest BCUT2D eigenvalue weighted by molar-refractivity contribution is 5.86. The Morgan fingerprint density at radius 2 is 1.93 bits per heavy atom. The van der Waals surface area contributed by atoms with Crippen LogP contribution in [0.4, 0.5) is 0 Å². The summed E-state index contributed by atoms with van der Waals surface area (Å²) in [5.74, 6) is 1.52. The minimum atomic E-state index is 0.0141. The van der Waals surface area contributed by atoms with E-state index < -0.39 is 0 Å². The number of nitrogens with zero attached hydrogens (tertiary/aromatic N) is 3. The van der Waals surface area contributed by atoms with Crippen molar-refractivity contribution in [3.8, 4) is 5.75 Å². The van der Waals surface area contributed by atoms with Crippen molar-refractivity contribution in [3.05, 3.63) is 42.0 Å². The van der Waals surface area contributed by atoms with Crippen LogP contribution in [0.25, 0.3) is 0 Å². The Kier molecular flexibility index (Phi) is 8.99. The first-order valence-corrected chi connectivity index (χ1v) is 10.1. The van der Waals surface area contributed by atoms with Crippen LogP contribution in [0.3, 0.4) is 0 Å². The number of methoxy groups -OCH3 is 1. The first-order valence-electron chi connectivity index (χ1n) is 10.1. The van der Waals surface area contributed by atoms with Crippen molar-refractivity contribution < 1.29 is 9.53 Å². The first-order chi connectivity index (χ1) is 13.9. The van der Waals surface area contributed by atoms with Gasteiger partial charge in [0.1, 0.15) is 5.75 Å². The molecule has 0 bridgehead atoms. The zero-order valence-electron chi connectivity index (χ0n) is 18.2. The second-order valence-electron chi connectivity index (χ2n) is 7.81. The lowest BCUT2D eigenvalue weighted by Gasteiger charge is -2.33. The quantitative estimate of drug-likeness (QED) is 0.395. The maximum Gasteiger partial charge on any atom is 0.241 e. The summed E-state index contributed by atoms with van der Waals surface area (Å²) < 4.78 is 5.20. The third kappa shape index (κ3) is 8.15. The highest BCUT2D eigenvalue weighted by atomic mass is 16.5. The molecule has 1 aliphatic heterocycles. The molecule has 0 spiro atoms. The number of rotatable bonds is 8. The number of hydrogen-bond acceptors (Lipinski definition) is 4. The molecule has 0 aromatic heterocycles. The van der Waals surface area contributed by atoms with E-state index in [1.165, 1.54) is 5.57 Å². The van der Waals surface area contributed by atoms with E-state index in [4.69, 9.17) is 9.73 Å². The normalized spacial score (nSPS) is 15.7. The average Bonchev–Trinajstić information content (AvgIpc) is 2.71. The monoisotopic (exact) mass is 401 g/mol. The summed E-state index contributed by atoms with van der Waals surface area (Å²) in [5.41, 5.74) is 2.28. The van der Waals surface area contributed by atoms with Crippen LogP contribution in [0.5, 0.6) is 5.75 Å². The van der Waals surface area contributed by atoms with Crippen LogP contribution in [0.15, 0.2) is 41.4 Å². The molecule has 1 fully saturated rings. The SMILES string of the molecule is C=C(C)CN1CCC(NC(=NCc2ccc(OC)cc2)NCC(=O)N(C)C)CC1. The number of nitrogens with one attached hydrogen (secondary N) is 2. The zero-order chi connectivity index (χ0) is 21.2. The summed E-state index contributed by atoms with van der Waals surface area (Å²) in [5, 5.41) is 6.69. The molecule has 0 unspecified atom stereocenters. The van der Waals surface area contributed by atoms with Gasteiger partial charge in [0.2, 0.25) is 5.91 Å². The molecule has 1 heterocycles. The maximum absolute atomic E-state index is 12.0. The van der Waals surface area contributed by atoms with Crippen LogP contribution >= 0.6 is 0 Å². The molecule has 0 atom stereocenters. The minimum absolute atomic E-state index is 0.0141. The molecular formula is C22H35N5O2. The van der Waals surface area contributed by atoms with Gasteiger partial charge in [0.05, 0.1) is 20.2 Å². The molecule has 1 aliphatic rings. The van der Waals surface area contributed by atoms with Crippen molar-refractivity contribution in [2.45, 2.75) is 32.4 Å². The number of ether oxygens (including phenoxy) is 1. The van der Waals surface area contributed by atoms with Crippen molar-refractivity contribution in [2.75, 3.05) is 47.4 Å². The van der Waals surface area contributed by atoms with E-state index in [-0.39, 0.29) is 12.5 Å². The fourth-order valence-corrected chi connectivity index (χ4v) is 3.18. The van der Waals surface area contributed by atoms with Crippen LogP contribution < -0.4 is 15.4 Å².